The van der Waals surface area contributed by atoms with Crippen molar-refractivity contribution in [1.29, 1.82) is 0 Å². The molecule has 0 aromatic carbocycles. The number of hydrogen-bond acceptors (Lipinski definition) is 4. The van der Waals surface area contributed by atoms with Gasteiger partial charge in [0.15, 0.2) is 0 Å². The molecule has 2 rings (SSSR count). The highest BCUT2D eigenvalue weighted by Crippen LogP contribution is 2.13. The number of imidazole rings is 1. The van der Waals surface area contributed by atoms with Crippen LogP contribution in [0.1, 0.15) is 5.82 Å². The second kappa shape index (κ2) is 4.28. The van der Waals surface area contributed by atoms with Crippen molar-refractivity contribution in [2.45, 2.75) is 6.61 Å². The molecule has 16 heavy (non-hydrogen) atoms. The number of aryl methyl sites for hydroxylation is 1. The van der Waals surface area contributed by atoms with E-state index in [4.69, 9.17) is 9.84 Å². The van der Waals surface area contributed by atoms with Crippen molar-refractivity contribution in [2.75, 3.05) is 6.61 Å². The standard InChI is InChI=1S/C10H11N3O3/c1-13-8-2-3-11-4-7(8)12-9(13)5-16-6-10(14)15/h2-4H,5-6H2,1H3,(H,14,15). The Morgan fingerprint density at radius 3 is 3.12 bits per heavy atom. The number of pyridine rings is 1. The van der Waals surface area contributed by atoms with Gasteiger partial charge in [-0.3, -0.25) is 4.98 Å². The summed E-state index contributed by atoms with van der Waals surface area (Å²) in [6, 6.07) is 1.85. The Morgan fingerprint density at radius 1 is 1.62 bits per heavy atom. The van der Waals surface area contributed by atoms with E-state index in [1.165, 1.54) is 0 Å². The van der Waals surface area contributed by atoms with Gasteiger partial charge in [-0.1, -0.05) is 0 Å². The molecule has 2 aromatic rings. The molecule has 0 spiro atoms. The van der Waals surface area contributed by atoms with Gasteiger partial charge in [0, 0.05) is 13.2 Å². The second-order valence-electron chi connectivity index (χ2n) is 3.34. The highest BCUT2D eigenvalue weighted by molar-refractivity contribution is 5.74. The van der Waals surface area contributed by atoms with Gasteiger partial charge >= 0.3 is 5.97 Å². The zero-order valence-electron chi connectivity index (χ0n) is 8.75. The molecule has 0 fully saturated rings. The Kier molecular flexibility index (Phi) is 2.82. The van der Waals surface area contributed by atoms with Crippen molar-refractivity contribution in [1.82, 2.24) is 14.5 Å². The maximum Gasteiger partial charge on any atom is 0.329 e. The minimum absolute atomic E-state index is 0.178. The summed E-state index contributed by atoms with van der Waals surface area (Å²) in [4.78, 5) is 18.5. The molecule has 0 saturated heterocycles. The van der Waals surface area contributed by atoms with Crippen LogP contribution in [0.4, 0.5) is 0 Å². The Morgan fingerprint density at radius 2 is 2.44 bits per heavy atom. The molecule has 6 heteroatoms. The summed E-state index contributed by atoms with van der Waals surface area (Å²) in [6.07, 6.45) is 3.35. The fourth-order valence-electron chi connectivity index (χ4n) is 1.46. The minimum atomic E-state index is -0.986. The minimum Gasteiger partial charge on any atom is -0.480 e. The number of nitrogens with zero attached hydrogens (tertiary/aromatic N) is 3. The number of aromatic nitrogens is 3. The van der Waals surface area contributed by atoms with E-state index >= 15 is 0 Å². The van der Waals surface area contributed by atoms with E-state index in [2.05, 4.69) is 9.97 Å². The largest absolute Gasteiger partial charge is 0.480 e. The van der Waals surface area contributed by atoms with Gasteiger partial charge in [0.25, 0.3) is 0 Å². The third-order valence-corrected chi connectivity index (χ3v) is 2.23. The molecule has 0 atom stereocenters. The van der Waals surface area contributed by atoms with E-state index in [9.17, 15) is 4.79 Å². The zero-order valence-corrected chi connectivity index (χ0v) is 8.75. The lowest BCUT2D eigenvalue weighted by Gasteiger charge is -2.01. The summed E-state index contributed by atoms with van der Waals surface area (Å²) in [7, 11) is 1.86. The van der Waals surface area contributed by atoms with E-state index in [0.717, 1.165) is 11.0 Å². The van der Waals surface area contributed by atoms with Gasteiger partial charge in [-0.05, 0) is 6.07 Å². The monoisotopic (exact) mass is 221 g/mol. The average molecular weight is 221 g/mol. The molecule has 0 saturated carbocycles. The van der Waals surface area contributed by atoms with Gasteiger partial charge in [-0.15, -0.1) is 0 Å². The van der Waals surface area contributed by atoms with Crippen LogP contribution in [0.5, 0.6) is 0 Å². The summed E-state index contributed by atoms with van der Waals surface area (Å²) in [5.41, 5.74) is 1.72. The SMILES string of the molecule is Cn1c(COCC(=O)O)nc2cnccc21. The van der Waals surface area contributed by atoms with Crippen molar-refractivity contribution in [3.8, 4) is 0 Å². The van der Waals surface area contributed by atoms with Crippen LogP contribution in [-0.4, -0.2) is 32.2 Å². The van der Waals surface area contributed by atoms with Crippen LogP contribution in [0.15, 0.2) is 18.5 Å². The third kappa shape index (κ3) is 2.01. The molecule has 1 N–H and O–H groups in total. The van der Waals surface area contributed by atoms with E-state index in [1.54, 1.807) is 12.4 Å². The molecule has 2 heterocycles. The number of aliphatic carboxylic acids is 1. The first-order valence-electron chi connectivity index (χ1n) is 4.73. The number of carboxylic acids is 1. The van der Waals surface area contributed by atoms with Gasteiger partial charge in [-0.2, -0.15) is 0 Å². The number of ether oxygens (including phenoxy) is 1. The molecule has 2 aromatic heterocycles. The van der Waals surface area contributed by atoms with Gasteiger partial charge in [0.05, 0.1) is 11.7 Å². The van der Waals surface area contributed by atoms with Gasteiger partial charge < -0.3 is 14.4 Å². The molecule has 84 valence electrons. The Bertz CT molecular complexity index is 521. The second-order valence-corrected chi connectivity index (χ2v) is 3.34. The predicted octanol–water partition coefficient (Wildman–Crippen LogP) is 0.569. The zero-order chi connectivity index (χ0) is 11.5. The van der Waals surface area contributed by atoms with Gasteiger partial charge in [0.2, 0.25) is 0 Å². The molecule has 0 bridgehead atoms. The Hall–Kier alpha value is -1.95. The van der Waals surface area contributed by atoms with Crippen LogP contribution in [-0.2, 0) is 23.2 Å². The highest BCUT2D eigenvalue weighted by Gasteiger charge is 2.07. The van der Waals surface area contributed by atoms with Crippen LogP contribution in [0.3, 0.4) is 0 Å². The molecule has 6 nitrogen and oxygen atoms in total. The van der Waals surface area contributed by atoms with Crippen LogP contribution in [0.25, 0.3) is 11.0 Å². The number of carboxylic acid groups (broad SMARTS) is 1. The molecule has 0 unspecified atom stereocenters. The lowest BCUT2D eigenvalue weighted by molar-refractivity contribution is -0.142. The van der Waals surface area contributed by atoms with Crippen molar-refractivity contribution in [2.24, 2.45) is 7.05 Å². The molecular weight excluding hydrogens is 210 g/mol. The van der Waals surface area contributed by atoms with Crippen molar-refractivity contribution in [3.63, 3.8) is 0 Å². The number of hydrogen-bond donors (Lipinski definition) is 1. The van der Waals surface area contributed by atoms with Crippen molar-refractivity contribution in [3.05, 3.63) is 24.3 Å². The summed E-state index contributed by atoms with van der Waals surface area (Å²) in [5.74, 6) is -0.301. The quantitative estimate of drug-likeness (QED) is 0.816. The fourth-order valence-corrected chi connectivity index (χ4v) is 1.46. The van der Waals surface area contributed by atoms with Crippen molar-refractivity contribution >= 4 is 17.0 Å². The summed E-state index contributed by atoms with van der Waals surface area (Å²) in [5, 5.41) is 8.44. The normalized spacial score (nSPS) is 10.8. The molecule has 0 radical (unpaired) electrons. The molecule has 0 aliphatic heterocycles. The van der Waals surface area contributed by atoms with Crippen molar-refractivity contribution < 1.29 is 14.6 Å². The molecule has 0 amide bonds. The topological polar surface area (TPSA) is 77.2 Å². The highest BCUT2D eigenvalue weighted by atomic mass is 16.5. The third-order valence-electron chi connectivity index (χ3n) is 2.23. The summed E-state index contributed by atoms with van der Waals surface area (Å²) < 4.78 is 6.85. The summed E-state index contributed by atoms with van der Waals surface area (Å²) in [6.45, 7) is -0.140. The van der Waals surface area contributed by atoms with Crippen LogP contribution >= 0.6 is 0 Å². The lowest BCUT2D eigenvalue weighted by Crippen LogP contribution is -2.09. The Balaban J connectivity index is 2.18. The first kappa shape index (κ1) is 10.6. The lowest BCUT2D eigenvalue weighted by atomic mass is 10.4. The molecule has 0 aliphatic rings. The predicted molar refractivity (Wildman–Crippen MR) is 55.8 cm³/mol. The molecular formula is C10H11N3O3. The van der Waals surface area contributed by atoms with E-state index in [1.807, 2.05) is 17.7 Å². The first-order valence-corrected chi connectivity index (χ1v) is 4.73. The maximum atomic E-state index is 10.3. The fraction of sp³-hybridized carbons (Fsp3) is 0.300. The van der Waals surface area contributed by atoms with E-state index in [0.29, 0.717) is 5.82 Å². The number of carbonyl (C=O) groups is 1. The van der Waals surface area contributed by atoms with Crippen LogP contribution in [0.2, 0.25) is 0 Å². The van der Waals surface area contributed by atoms with E-state index < -0.39 is 5.97 Å². The smallest absolute Gasteiger partial charge is 0.329 e. The average Bonchev–Trinajstić information content (AvgIpc) is 2.56. The number of rotatable bonds is 4. The number of fused-ring (bicyclic) bond motifs is 1. The van der Waals surface area contributed by atoms with Gasteiger partial charge in [-0.25, -0.2) is 9.78 Å². The molecule has 0 aliphatic carbocycles. The summed E-state index contributed by atoms with van der Waals surface area (Å²) >= 11 is 0. The first-order chi connectivity index (χ1) is 7.68. The maximum absolute atomic E-state index is 10.3. The van der Waals surface area contributed by atoms with Crippen LogP contribution in [0, 0.1) is 0 Å². The van der Waals surface area contributed by atoms with Crippen LogP contribution < -0.4 is 0 Å². The van der Waals surface area contributed by atoms with Gasteiger partial charge in [0.1, 0.15) is 24.6 Å². The Labute approximate surface area is 91.5 Å². The van der Waals surface area contributed by atoms with E-state index in [-0.39, 0.29) is 13.2 Å².